The van der Waals surface area contributed by atoms with Crippen molar-refractivity contribution in [1.29, 1.82) is 0 Å². The second-order valence-corrected chi connectivity index (χ2v) is 9.02. The van der Waals surface area contributed by atoms with Crippen LogP contribution in [-0.2, 0) is 14.3 Å². The van der Waals surface area contributed by atoms with Crippen molar-refractivity contribution >= 4 is 12.0 Å². The van der Waals surface area contributed by atoms with Gasteiger partial charge in [-0.2, -0.15) is 0 Å². The molecule has 1 heterocycles. The molecule has 1 unspecified atom stereocenters. The number of hydrogen-bond acceptors (Lipinski definition) is 9. The minimum Gasteiger partial charge on any atom is -0.496 e. The number of esters is 1. The van der Waals surface area contributed by atoms with Gasteiger partial charge >= 0.3 is 5.97 Å². The van der Waals surface area contributed by atoms with Crippen LogP contribution in [0.5, 0.6) is 5.75 Å². The van der Waals surface area contributed by atoms with Gasteiger partial charge in [-0.15, -0.1) is 0 Å². The van der Waals surface area contributed by atoms with E-state index in [0.717, 1.165) is 16.9 Å². The Kier molecular flexibility index (Phi) is 14.2. The molecule has 9 nitrogen and oxygen atoms in total. The van der Waals surface area contributed by atoms with E-state index in [1.165, 1.54) is 28.3 Å². The van der Waals surface area contributed by atoms with Crippen LogP contribution in [0, 0.1) is 20.8 Å². The molecular weight excluding hydrogens is 492 g/mol. The molecule has 1 aliphatic heterocycles. The molecule has 1 fully saturated rings. The van der Waals surface area contributed by atoms with Gasteiger partial charge in [0, 0.05) is 6.08 Å². The summed E-state index contributed by atoms with van der Waals surface area (Å²) in [5, 5.41) is 44.7. The molecule has 0 radical (unpaired) electrons. The van der Waals surface area contributed by atoms with E-state index < -0.39 is 37.3 Å². The zero-order valence-corrected chi connectivity index (χ0v) is 23.2. The Morgan fingerprint density at radius 2 is 1.66 bits per heavy atom. The number of aliphatic hydroxyl groups excluding tert-OH is 5. The highest BCUT2D eigenvalue weighted by Crippen LogP contribution is 2.28. The lowest BCUT2D eigenvalue weighted by Gasteiger charge is -2.37. The van der Waals surface area contributed by atoms with Crippen molar-refractivity contribution in [1.82, 2.24) is 0 Å². The van der Waals surface area contributed by atoms with E-state index in [4.69, 9.17) is 35.0 Å². The molecule has 0 aromatic heterocycles. The normalized spacial score (nSPS) is 24.4. The van der Waals surface area contributed by atoms with E-state index >= 15 is 0 Å². The van der Waals surface area contributed by atoms with Crippen molar-refractivity contribution in [2.75, 3.05) is 20.3 Å². The first-order chi connectivity index (χ1) is 17.9. The molecule has 0 saturated carbocycles. The molecule has 0 bridgehead atoms. The van der Waals surface area contributed by atoms with Crippen LogP contribution in [0.15, 0.2) is 47.6 Å². The second kappa shape index (κ2) is 16.2. The van der Waals surface area contributed by atoms with Crippen molar-refractivity contribution < 1.29 is 44.5 Å². The van der Waals surface area contributed by atoms with Crippen molar-refractivity contribution in [2.24, 2.45) is 0 Å². The highest BCUT2D eigenvalue weighted by atomic mass is 16.6. The van der Waals surface area contributed by atoms with Crippen LogP contribution in [0.2, 0.25) is 0 Å². The third-order valence-electron chi connectivity index (χ3n) is 6.06. The van der Waals surface area contributed by atoms with Gasteiger partial charge in [-0.25, -0.2) is 4.79 Å². The Balaban J connectivity index is 0.000000499. The summed E-state index contributed by atoms with van der Waals surface area (Å²) in [6.45, 7) is 11.9. The van der Waals surface area contributed by atoms with E-state index in [9.17, 15) is 4.79 Å². The maximum atomic E-state index is 11.4. The Labute approximate surface area is 225 Å². The number of aryl methyl sites for hydroxylation is 1. The van der Waals surface area contributed by atoms with Gasteiger partial charge in [0.1, 0.15) is 30.2 Å². The number of hydrogen-bond donors (Lipinski definition) is 5. The van der Waals surface area contributed by atoms with Crippen LogP contribution in [0.1, 0.15) is 43.0 Å². The average Bonchev–Trinajstić information content (AvgIpc) is 2.87. The van der Waals surface area contributed by atoms with Gasteiger partial charge in [-0.1, -0.05) is 36.0 Å². The fourth-order valence-electron chi connectivity index (χ4n) is 3.66. The fraction of sp³-hybridized carbons (Fsp3) is 0.483. The third kappa shape index (κ3) is 9.83. The van der Waals surface area contributed by atoms with Gasteiger partial charge in [0.25, 0.3) is 0 Å². The fourth-order valence-corrected chi connectivity index (χ4v) is 3.66. The van der Waals surface area contributed by atoms with Gasteiger partial charge in [0.05, 0.1) is 20.3 Å². The molecule has 5 atom stereocenters. The van der Waals surface area contributed by atoms with Gasteiger partial charge < -0.3 is 39.7 Å². The smallest absolute Gasteiger partial charge is 0.330 e. The molecule has 5 N–H and O–H groups in total. The molecule has 0 amide bonds. The van der Waals surface area contributed by atoms with Gasteiger partial charge in [0.15, 0.2) is 6.29 Å². The summed E-state index contributed by atoms with van der Waals surface area (Å²) in [5.41, 5.74) is 6.79. The van der Waals surface area contributed by atoms with Crippen LogP contribution < -0.4 is 4.74 Å². The first kappa shape index (κ1) is 33.2. The molecule has 2 rings (SSSR count). The van der Waals surface area contributed by atoms with E-state index in [-0.39, 0.29) is 5.97 Å². The number of carbonyl (C=O) groups excluding carboxylic acids is 1. The predicted molar refractivity (Wildman–Crippen MR) is 146 cm³/mol. The maximum absolute atomic E-state index is 11.4. The van der Waals surface area contributed by atoms with Crippen molar-refractivity contribution in [3.63, 3.8) is 0 Å². The standard InChI is InChI=1S/C23H30O3.C6H12O6/c1-8-26-23(24)14-17(3)11-9-10-16(2)12-13-21-18(4)15-22(25-7)20(6)19(21)5;7-1-2-3(8)4(9)5(10)6(11)12-2/h9-15H,8H2,1-7H3;2-11H,1H2/t;2-,3-,4+,5-,6?/m.1/s1. The van der Waals surface area contributed by atoms with E-state index in [0.29, 0.717) is 6.61 Å². The summed E-state index contributed by atoms with van der Waals surface area (Å²) in [6, 6.07) is 2.07. The summed E-state index contributed by atoms with van der Waals surface area (Å²) >= 11 is 0. The lowest BCUT2D eigenvalue weighted by atomic mass is 9.96. The molecule has 212 valence electrons. The van der Waals surface area contributed by atoms with Gasteiger partial charge in [-0.05, 0) is 75.4 Å². The lowest BCUT2D eigenvalue weighted by molar-refractivity contribution is -0.286. The summed E-state index contributed by atoms with van der Waals surface area (Å²) in [6.07, 6.45) is 4.52. The van der Waals surface area contributed by atoms with Crippen LogP contribution in [0.3, 0.4) is 0 Å². The molecule has 9 heteroatoms. The predicted octanol–water partition coefficient (Wildman–Crippen LogP) is 2.42. The number of methoxy groups -OCH3 is 1. The van der Waals surface area contributed by atoms with Crippen molar-refractivity contribution in [3.8, 4) is 5.75 Å². The van der Waals surface area contributed by atoms with Crippen LogP contribution in [0.4, 0.5) is 0 Å². The van der Waals surface area contributed by atoms with Gasteiger partial charge in [-0.3, -0.25) is 0 Å². The second-order valence-electron chi connectivity index (χ2n) is 9.02. The third-order valence-corrected chi connectivity index (χ3v) is 6.06. The highest BCUT2D eigenvalue weighted by molar-refractivity contribution is 5.83. The molecule has 1 aromatic carbocycles. The quantitative estimate of drug-likeness (QED) is 0.193. The van der Waals surface area contributed by atoms with Gasteiger partial charge in [0.2, 0.25) is 0 Å². The SMILES string of the molecule is CCOC(=O)C=C(C)C=CC=C(C)C=Cc1c(C)cc(OC)c(C)c1C.OC[C@H]1OC(O)[C@H](O)[C@@H](O)[C@@H]1O. The largest absolute Gasteiger partial charge is 0.496 e. The number of benzene rings is 1. The summed E-state index contributed by atoms with van der Waals surface area (Å²) in [7, 11) is 1.70. The van der Waals surface area contributed by atoms with Crippen LogP contribution in [0.25, 0.3) is 6.08 Å². The molecule has 1 aliphatic rings. The van der Waals surface area contributed by atoms with Crippen LogP contribution in [-0.4, -0.2) is 82.5 Å². The molecule has 38 heavy (non-hydrogen) atoms. The Morgan fingerprint density at radius 1 is 1.00 bits per heavy atom. The molecule has 0 aliphatic carbocycles. The molecular formula is C29H42O9. The van der Waals surface area contributed by atoms with Crippen LogP contribution >= 0.6 is 0 Å². The topological polar surface area (TPSA) is 146 Å². The number of aliphatic hydroxyl groups is 5. The first-order valence-corrected chi connectivity index (χ1v) is 12.4. The Hall–Kier alpha value is -2.79. The van der Waals surface area contributed by atoms with E-state index in [2.05, 4.69) is 43.7 Å². The van der Waals surface area contributed by atoms with Crippen molar-refractivity contribution in [2.45, 2.75) is 72.2 Å². The zero-order valence-electron chi connectivity index (χ0n) is 23.2. The zero-order chi connectivity index (χ0) is 29.0. The lowest BCUT2D eigenvalue weighted by Crippen LogP contribution is -2.58. The minimum absolute atomic E-state index is 0.309. The highest BCUT2D eigenvalue weighted by Gasteiger charge is 2.42. The number of rotatable bonds is 8. The first-order valence-electron chi connectivity index (χ1n) is 12.4. The average molecular weight is 535 g/mol. The maximum Gasteiger partial charge on any atom is 0.330 e. The number of allylic oxidation sites excluding steroid dienone is 6. The summed E-state index contributed by atoms with van der Waals surface area (Å²) in [5.74, 6) is 0.618. The van der Waals surface area contributed by atoms with E-state index in [1.807, 2.05) is 32.1 Å². The summed E-state index contributed by atoms with van der Waals surface area (Å²) < 4.78 is 14.9. The number of carbonyl (C=O) groups is 1. The monoisotopic (exact) mass is 534 g/mol. The molecule has 1 saturated heterocycles. The number of ether oxygens (including phenoxy) is 3. The molecule has 1 aromatic rings. The Morgan fingerprint density at radius 3 is 2.24 bits per heavy atom. The minimum atomic E-state index is -1.57. The van der Waals surface area contributed by atoms with Crippen molar-refractivity contribution in [3.05, 3.63) is 69.8 Å². The molecule has 0 spiro atoms. The summed E-state index contributed by atoms with van der Waals surface area (Å²) in [4.78, 5) is 11.4. The Bertz CT molecular complexity index is 1030. The van der Waals surface area contributed by atoms with E-state index in [1.54, 1.807) is 14.0 Å².